The minimum absolute atomic E-state index is 0.0396. The number of allylic oxidation sites excluding steroid dienone is 6. The van der Waals surface area contributed by atoms with E-state index >= 15 is 0 Å². The highest BCUT2D eigenvalue weighted by molar-refractivity contribution is 5.70. The lowest BCUT2D eigenvalue weighted by Gasteiger charge is -2.34. The highest BCUT2D eigenvalue weighted by Gasteiger charge is 2.25. The van der Waals surface area contributed by atoms with E-state index in [4.69, 9.17) is 14.2 Å². The van der Waals surface area contributed by atoms with E-state index in [0.717, 1.165) is 38.5 Å². The number of aliphatic carboxylic acids is 1. The highest BCUT2D eigenvalue weighted by Crippen LogP contribution is 2.15. The molecule has 2 atom stereocenters. The van der Waals surface area contributed by atoms with Crippen LogP contribution in [0.4, 0.5) is 0 Å². The van der Waals surface area contributed by atoms with E-state index in [-0.39, 0.29) is 42.7 Å². The smallest absolute Gasteiger partial charge is 0.306 e. The van der Waals surface area contributed by atoms with Crippen molar-refractivity contribution in [2.75, 3.05) is 41.0 Å². The van der Waals surface area contributed by atoms with Gasteiger partial charge in [0, 0.05) is 19.3 Å². The molecule has 0 saturated carbocycles. The standard InChI is InChI=1S/C50H91NO7/c1-6-8-10-12-14-16-18-20-22-23-24-25-27-28-30-32-34-36-38-40-48(52)57-45-46(44-56-43-42-47(50(54)55)51(3,4)5)58-49(53)41-39-37-35-33-31-29-26-21-19-17-15-13-11-9-7-2/h14,16-20,46-47H,6-13,15,21-45H2,1-5H3/b16-14+,19-17+,20-18+. The van der Waals surface area contributed by atoms with Crippen LogP contribution in [0.3, 0.4) is 0 Å². The van der Waals surface area contributed by atoms with Crippen LogP contribution < -0.4 is 5.11 Å². The third kappa shape index (κ3) is 39.0. The van der Waals surface area contributed by atoms with E-state index in [1.165, 1.54) is 141 Å². The van der Waals surface area contributed by atoms with E-state index in [1.54, 1.807) is 21.1 Å². The Kier molecular flexibility index (Phi) is 39.5. The molecule has 0 heterocycles. The summed E-state index contributed by atoms with van der Waals surface area (Å²) in [6, 6.07) is -0.726. The van der Waals surface area contributed by atoms with Crippen LogP contribution >= 0.6 is 0 Å². The van der Waals surface area contributed by atoms with E-state index in [1.807, 2.05) is 0 Å². The van der Waals surface area contributed by atoms with Crippen molar-refractivity contribution in [3.05, 3.63) is 36.5 Å². The van der Waals surface area contributed by atoms with Gasteiger partial charge in [-0.05, 0) is 64.2 Å². The Morgan fingerprint density at radius 1 is 0.517 bits per heavy atom. The van der Waals surface area contributed by atoms with Crippen molar-refractivity contribution < 1.29 is 38.2 Å². The summed E-state index contributed by atoms with van der Waals surface area (Å²) in [4.78, 5) is 36.9. The normalized spacial score (nSPS) is 13.2. The number of carboxylic acid groups (broad SMARTS) is 1. The van der Waals surface area contributed by atoms with Gasteiger partial charge < -0.3 is 28.6 Å². The van der Waals surface area contributed by atoms with Crippen molar-refractivity contribution in [2.45, 2.75) is 225 Å². The number of hydrogen-bond donors (Lipinski definition) is 0. The lowest BCUT2D eigenvalue weighted by atomic mass is 10.1. The molecule has 0 amide bonds. The summed E-state index contributed by atoms with van der Waals surface area (Å²) in [5.74, 6) is -1.74. The summed E-state index contributed by atoms with van der Waals surface area (Å²) in [6.45, 7) is 4.63. The van der Waals surface area contributed by atoms with Crippen molar-refractivity contribution in [2.24, 2.45) is 0 Å². The number of ether oxygens (including phenoxy) is 3. The molecule has 0 aliphatic carbocycles. The first kappa shape index (κ1) is 55.5. The number of hydrogen-bond acceptors (Lipinski definition) is 7. The molecule has 0 aliphatic rings. The first-order valence-corrected chi connectivity index (χ1v) is 24.0. The summed E-state index contributed by atoms with van der Waals surface area (Å²) in [7, 11) is 5.41. The fourth-order valence-electron chi connectivity index (χ4n) is 7.00. The van der Waals surface area contributed by atoms with Gasteiger partial charge in [0.15, 0.2) is 6.10 Å². The Bertz CT molecular complexity index is 1050. The number of quaternary nitrogens is 1. The Morgan fingerprint density at radius 2 is 0.914 bits per heavy atom. The Morgan fingerprint density at radius 3 is 1.38 bits per heavy atom. The number of nitrogens with zero attached hydrogens (tertiary/aromatic N) is 1. The monoisotopic (exact) mass is 818 g/mol. The highest BCUT2D eigenvalue weighted by atomic mass is 16.6. The molecule has 8 heteroatoms. The van der Waals surface area contributed by atoms with Gasteiger partial charge >= 0.3 is 11.9 Å². The second-order valence-corrected chi connectivity index (χ2v) is 17.4. The molecule has 0 bridgehead atoms. The predicted molar refractivity (Wildman–Crippen MR) is 240 cm³/mol. The van der Waals surface area contributed by atoms with Gasteiger partial charge in [-0.2, -0.15) is 0 Å². The molecule has 2 unspecified atom stereocenters. The zero-order valence-corrected chi connectivity index (χ0v) is 38.5. The summed E-state index contributed by atoms with van der Waals surface area (Å²) >= 11 is 0. The van der Waals surface area contributed by atoms with Gasteiger partial charge in [-0.25, -0.2) is 0 Å². The first-order chi connectivity index (χ1) is 28.1. The number of carbonyl (C=O) groups is 3. The van der Waals surface area contributed by atoms with Crippen molar-refractivity contribution in [3.8, 4) is 0 Å². The van der Waals surface area contributed by atoms with Crippen LogP contribution in [0, 0.1) is 0 Å². The summed E-state index contributed by atoms with van der Waals surface area (Å²) in [5, 5.41) is 11.6. The number of likely N-dealkylation sites (N-methyl/N-ethyl adjacent to an activating group) is 1. The topological polar surface area (TPSA) is 102 Å². The first-order valence-electron chi connectivity index (χ1n) is 24.0. The number of carboxylic acids is 1. The summed E-state index contributed by atoms with van der Waals surface area (Å²) < 4.78 is 17.2. The molecule has 0 radical (unpaired) electrons. The second-order valence-electron chi connectivity index (χ2n) is 17.4. The lowest BCUT2D eigenvalue weighted by molar-refractivity contribution is -0.889. The van der Waals surface area contributed by atoms with Crippen molar-refractivity contribution in [3.63, 3.8) is 0 Å². The lowest BCUT2D eigenvalue weighted by Crippen LogP contribution is -2.55. The van der Waals surface area contributed by atoms with E-state index < -0.39 is 18.1 Å². The molecule has 8 nitrogen and oxygen atoms in total. The van der Waals surface area contributed by atoms with Gasteiger partial charge in [0.2, 0.25) is 0 Å². The van der Waals surface area contributed by atoms with Gasteiger partial charge in [-0.3, -0.25) is 9.59 Å². The molecule has 338 valence electrons. The predicted octanol–water partition coefficient (Wildman–Crippen LogP) is 12.1. The van der Waals surface area contributed by atoms with Crippen molar-refractivity contribution in [1.29, 1.82) is 0 Å². The maximum Gasteiger partial charge on any atom is 0.306 e. The number of rotatable bonds is 43. The van der Waals surface area contributed by atoms with E-state index in [9.17, 15) is 19.5 Å². The van der Waals surface area contributed by atoms with Crippen LogP contribution in [-0.2, 0) is 28.6 Å². The SMILES string of the molecule is CCCCC/C=C/C=C/CCCCCCCCCCCCC(=O)OCC(COCCC(C(=O)[O-])[N+](C)(C)C)OC(=O)CCCCCCCCC/C=C/CCCCCC. The minimum atomic E-state index is -1.13. The zero-order chi connectivity index (χ0) is 42.8. The third-order valence-electron chi connectivity index (χ3n) is 10.8. The maximum atomic E-state index is 12.7. The molecule has 0 saturated heterocycles. The van der Waals surface area contributed by atoms with Crippen LogP contribution in [0.1, 0.15) is 213 Å². The fraction of sp³-hybridized carbons (Fsp3) is 0.820. The number of unbranched alkanes of at least 4 members (excludes halogenated alkanes) is 24. The van der Waals surface area contributed by atoms with Crippen molar-refractivity contribution in [1.82, 2.24) is 0 Å². The average Bonchev–Trinajstić information content (AvgIpc) is 3.18. The molecule has 0 aromatic rings. The molecule has 0 rings (SSSR count). The summed E-state index contributed by atoms with van der Waals surface area (Å²) in [5.41, 5.74) is 0. The van der Waals surface area contributed by atoms with Crippen LogP contribution in [0.5, 0.6) is 0 Å². The second kappa shape index (κ2) is 41.3. The van der Waals surface area contributed by atoms with Crippen LogP contribution in [0.15, 0.2) is 36.5 Å². The van der Waals surface area contributed by atoms with Crippen molar-refractivity contribution >= 4 is 17.9 Å². The number of carbonyl (C=O) groups excluding carboxylic acids is 3. The fourth-order valence-corrected chi connectivity index (χ4v) is 7.00. The Hall–Kier alpha value is -2.45. The molecule has 0 aliphatic heterocycles. The van der Waals surface area contributed by atoms with Gasteiger partial charge in [0.1, 0.15) is 12.6 Å². The van der Waals surface area contributed by atoms with Gasteiger partial charge in [-0.1, -0.05) is 166 Å². The Labute approximate surface area is 357 Å². The Balaban J connectivity index is 4.27. The maximum absolute atomic E-state index is 12.7. The van der Waals surface area contributed by atoms with Crippen LogP contribution in [-0.4, -0.2) is 75.5 Å². The molecule has 0 N–H and O–H groups in total. The van der Waals surface area contributed by atoms with E-state index in [0.29, 0.717) is 12.8 Å². The molecular weight excluding hydrogens is 727 g/mol. The summed E-state index contributed by atoms with van der Waals surface area (Å²) in [6.07, 6.45) is 47.3. The molecule has 0 aromatic carbocycles. The molecule has 0 spiro atoms. The molecule has 58 heavy (non-hydrogen) atoms. The average molecular weight is 818 g/mol. The zero-order valence-electron chi connectivity index (χ0n) is 38.5. The third-order valence-corrected chi connectivity index (χ3v) is 10.8. The van der Waals surface area contributed by atoms with Crippen LogP contribution in [0.25, 0.3) is 0 Å². The van der Waals surface area contributed by atoms with Gasteiger partial charge in [0.05, 0.1) is 40.3 Å². The molecule has 0 aromatic heterocycles. The van der Waals surface area contributed by atoms with Gasteiger partial charge in [0.25, 0.3) is 0 Å². The van der Waals surface area contributed by atoms with Crippen LogP contribution in [0.2, 0.25) is 0 Å². The van der Waals surface area contributed by atoms with Gasteiger partial charge in [-0.15, -0.1) is 0 Å². The van der Waals surface area contributed by atoms with E-state index in [2.05, 4.69) is 50.3 Å². The molecule has 0 fully saturated rings. The minimum Gasteiger partial charge on any atom is -0.544 e. The largest absolute Gasteiger partial charge is 0.544 e. The molecular formula is C50H91NO7. The quantitative estimate of drug-likeness (QED) is 0.0198. The number of esters is 2.